The summed E-state index contributed by atoms with van der Waals surface area (Å²) in [6, 6.07) is 0.189. The first-order valence-corrected chi connectivity index (χ1v) is 10.9. The molecule has 0 bridgehead atoms. The van der Waals surface area contributed by atoms with Crippen LogP contribution in [-0.2, 0) is 11.3 Å². The van der Waals surface area contributed by atoms with Crippen LogP contribution in [0, 0.1) is 0 Å². The minimum absolute atomic E-state index is 0.113. The molecule has 8 heteroatoms. The van der Waals surface area contributed by atoms with Crippen molar-refractivity contribution < 1.29 is 14.4 Å². The molecule has 0 aromatic carbocycles. The number of hydrogen-bond acceptors (Lipinski definition) is 4. The Morgan fingerprint density at radius 2 is 1.90 bits per heavy atom. The molecule has 1 N–H and O–H groups in total. The molecule has 4 rings (SSSR count). The molecule has 1 aromatic heterocycles. The maximum absolute atomic E-state index is 13.5. The Morgan fingerprint density at radius 1 is 1.21 bits per heavy atom. The van der Waals surface area contributed by atoms with Crippen LogP contribution >= 0.6 is 0 Å². The second-order valence-corrected chi connectivity index (χ2v) is 8.75. The number of imidazole rings is 1. The van der Waals surface area contributed by atoms with Gasteiger partial charge in [0.25, 0.3) is 11.8 Å². The number of likely N-dealkylation sites (tertiary alicyclic amines) is 1. The Kier molecular flexibility index (Phi) is 5.36. The molecule has 2 aliphatic heterocycles. The van der Waals surface area contributed by atoms with Crippen LogP contribution in [0.1, 0.15) is 79.8 Å². The van der Waals surface area contributed by atoms with Gasteiger partial charge in [-0.15, -0.1) is 0 Å². The predicted octanol–water partition coefficient (Wildman–Crippen LogP) is 1.80. The maximum atomic E-state index is 13.5. The molecule has 0 radical (unpaired) electrons. The van der Waals surface area contributed by atoms with Gasteiger partial charge in [-0.05, 0) is 39.0 Å². The van der Waals surface area contributed by atoms with E-state index in [4.69, 9.17) is 0 Å². The zero-order valence-electron chi connectivity index (χ0n) is 17.4. The van der Waals surface area contributed by atoms with E-state index >= 15 is 0 Å². The summed E-state index contributed by atoms with van der Waals surface area (Å²) >= 11 is 0. The van der Waals surface area contributed by atoms with E-state index in [9.17, 15) is 14.4 Å². The fraction of sp³-hybridized carbons (Fsp3) is 0.714. The highest BCUT2D eigenvalue weighted by Crippen LogP contribution is 2.30. The molecule has 1 unspecified atom stereocenters. The summed E-state index contributed by atoms with van der Waals surface area (Å²) in [5.74, 6) is -0.569. The molecule has 3 amide bonds. The van der Waals surface area contributed by atoms with Crippen molar-refractivity contribution >= 4 is 17.7 Å². The van der Waals surface area contributed by atoms with Gasteiger partial charge < -0.3 is 19.7 Å². The van der Waals surface area contributed by atoms with Gasteiger partial charge in [0.05, 0.1) is 12.9 Å². The van der Waals surface area contributed by atoms with Crippen LogP contribution in [0.15, 0.2) is 6.33 Å². The van der Waals surface area contributed by atoms with E-state index in [1.54, 1.807) is 20.7 Å². The Hall–Kier alpha value is -2.38. The average molecular weight is 402 g/mol. The molecule has 3 heterocycles. The molecule has 1 saturated carbocycles. The number of carbonyl (C=O) groups excluding carboxylic acids is 3. The summed E-state index contributed by atoms with van der Waals surface area (Å²) in [7, 11) is 0. The quantitative estimate of drug-likeness (QED) is 0.815. The fourth-order valence-electron chi connectivity index (χ4n) is 4.90. The van der Waals surface area contributed by atoms with E-state index in [-0.39, 0.29) is 29.5 Å². The first-order chi connectivity index (χ1) is 14.0. The zero-order chi connectivity index (χ0) is 20.6. The largest absolute Gasteiger partial charge is 0.351 e. The number of nitrogens with zero attached hydrogens (tertiary/aromatic N) is 4. The van der Waals surface area contributed by atoms with E-state index in [2.05, 4.69) is 10.3 Å². The maximum Gasteiger partial charge on any atom is 0.274 e. The minimum atomic E-state index is -0.989. The van der Waals surface area contributed by atoms with Crippen LogP contribution in [0.5, 0.6) is 0 Å². The summed E-state index contributed by atoms with van der Waals surface area (Å²) in [4.78, 5) is 47.4. The number of nitrogens with one attached hydrogen (secondary N) is 1. The van der Waals surface area contributed by atoms with Gasteiger partial charge >= 0.3 is 0 Å². The highest BCUT2D eigenvalue weighted by molar-refractivity contribution is 6.07. The van der Waals surface area contributed by atoms with Crippen molar-refractivity contribution in [2.75, 3.05) is 19.6 Å². The van der Waals surface area contributed by atoms with Crippen LogP contribution in [0.2, 0.25) is 0 Å². The van der Waals surface area contributed by atoms with Gasteiger partial charge in [-0.25, -0.2) is 4.98 Å². The molecular formula is C21H31N5O3. The van der Waals surface area contributed by atoms with Crippen molar-refractivity contribution in [1.29, 1.82) is 0 Å². The van der Waals surface area contributed by atoms with E-state index < -0.39 is 5.54 Å². The number of aromatic nitrogens is 2. The second-order valence-electron chi connectivity index (χ2n) is 8.75. The van der Waals surface area contributed by atoms with Crippen LogP contribution in [-0.4, -0.2) is 68.3 Å². The summed E-state index contributed by atoms with van der Waals surface area (Å²) in [5.41, 5.74) is -0.449. The van der Waals surface area contributed by atoms with Gasteiger partial charge in [-0.3, -0.25) is 14.4 Å². The third-order valence-corrected chi connectivity index (χ3v) is 6.58. The molecule has 0 spiro atoms. The Balaban J connectivity index is 1.64. The molecule has 29 heavy (non-hydrogen) atoms. The monoisotopic (exact) mass is 401 g/mol. The van der Waals surface area contributed by atoms with Crippen LogP contribution < -0.4 is 5.32 Å². The zero-order valence-corrected chi connectivity index (χ0v) is 17.4. The normalized spacial score (nSPS) is 24.8. The number of hydrogen-bond donors (Lipinski definition) is 1. The van der Waals surface area contributed by atoms with Gasteiger partial charge in [0.1, 0.15) is 11.2 Å². The smallest absolute Gasteiger partial charge is 0.274 e. The van der Waals surface area contributed by atoms with Crippen molar-refractivity contribution in [3.8, 4) is 0 Å². The summed E-state index contributed by atoms with van der Waals surface area (Å²) < 4.78 is 1.70. The van der Waals surface area contributed by atoms with Gasteiger partial charge in [0, 0.05) is 25.7 Å². The molecule has 158 valence electrons. The van der Waals surface area contributed by atoms with E-state index in [1.807, 2.05) is 13.8 Å². The van der Waals surface area contributed by atoms with Crippen molar-refractivity contribution in [3.63, 3.8) is 0 Å². The highest BCUT2D eigenvalue weighted by Gasteiger charge is 2.49. The Labute approximate surface area is 171 Å². The molecule has 1 atom stereocenters. The predicted molar refractivity (Wildman–Crippen MR) is 107 cm³/mol. The Bertz CT molecular complexity index is 807. The third-order valence-electron chi connectivity index (χ3n) is 6.58. The highest BCUT2D eigenvalue weighted by atomic mass is 16.2. The van der Waals surface area contributed by atoms with Gasteiger partial charge in [0.15, 0.2) is 5.69 Å². The lowest BCUT2D eigenvalue weighted by Gasteiger charge is -2.44. The van der Waals surface area contributed by atoms with E-state index in [0.717, 1.165) is 44.9 Å². The number of fused-ring (bicyclic) bond motifs is 1. The molecule has 2 fully saturated rings. The first kappa shape index (κ1) is 19.9. The topological polar surface area (TPSA) is 87.5 Å². The van der Waals surface area contributed by atoms with Gasteiger partial charge in [-0.2, -0.15) is 0 Å². The van der Waals surface area contributed by atoms with Crippen molar-refractivity contribution in [1.82, 2.24) is 24.7 Å². The van der Waals surface area contributed by atoms with Gasteiger partial charge in [0.2, 0.25) is 5.91 Å². The standard InChI is InChI=1S/C21H31N5O3/c1-3-10-26-19(28)17-16(18(27)24-11-6-7-12-24)22-14-25(17)13-21(26,2)20(29)23-15-8-4-5-9-15/h14-15H,3-13H2,1-2H3,(H,23,29). The lowest BCUT2D eigenvalue weighted by Crippen LogP contribution is -2.65. The number of carbonyl (C=O) groups is 3. The van der Waals surface area contributed by atoms with Crippen LogP contribution in [0.4, 0.5) is 0 Å². The molecule has 3 aliphatic rings. The average Bonchev–Trinajstić information content (AvgIpc) is 3.45. The molecular weight excluding hydrogens is 370 g/mol. The fourth-order valence-corrected chi connectivity index (χ4v) is 4.90. The van der Waals surface area contributed by atoms with Crippen molar-refractivity contribution in [2.24, 2.45) is 0 Å². The van der Waals surface area contributed by atoms with E-state index in [0.29, 0.717) is 31.9 Å². The molecule has 1 aliphatic carbocycles. The number of amides is 3. The van der Waals surface area contributed by atoms with Gasteiger partial charge in [-0.1, -0.05) is 19.8 Å². The lowest BCUT2D eigenvalue weighted by molar-refractivity contribution is -0.133. The van der Waals surface area contributed by atoms with Crippen LogP contribution in [0.3, 0.4) is 0 Å². The Morgan fingerprint density at radius 3 is 2.55 bits per heavy atom. The van der Waals surface area contributed by atoms with Crippen molar-refractivity contribution in [2.45, 2.75) is 76.9 Å². The number of rotatable bonds is 5. The second kappa shape index (κ2) is 7.80. The van der Waals surface area contributed by atoms with Crippen molar-refractivity contribution in [3.05, 3.63) is 17.7 Å². The third kappa shape index (κ3) is 3.42. The molecule has 1 aromatic rings. The first-order valence-electron chi connectivity index (χ1n) is 10.9. The summed E-state index contributed by atoms with van der Waals surface area (Å²) in [6.07, 6.45) is 8.50. The van der Waals surface area contributed by atoms with E-state index in [1.165, 1.54) is 0 Å². The molecule has 1 saturated heterocycles. The summed E-state index contributed by atoms with van der Waals surface area (Å²) in [5, 5.41) is 3.16. The lowest BCUT2D eigenvalue weighted by atomic mass is 9.93. The minimum Gasteiger partial charge on any atom is -0.351 e. The van der Waals surface area contributed by atoms with Crippen LogP contribution in [0.25, 0.3) is 0 Å². The summed E-state index contributed by atoms with van der Waals surface area (Å²) in [6.45, 7) is 6.02. The molecule has 8 nitrogen and oxygen atoms in total. The SMILES string of the molecule is CCCN1C(=O)c2c(C(=O)N3CCCC3)ncn2CC1(C)C(=O)NC1CCCC1.